The third-order valence-corrected chi connectivity index (χ3v) is 3.56. The topological polar surface area (TPSA) is 57.0 Å². The van der Waals surface area contributed by atoms with E-state index < -0.39 is 5.54 Å². The first-order chi connectivity index (χ1) is 10.1. The van der Waals surface area contributed by atoms with Crippen molar-refractivity contribution >= 4 is 5.91 Å². The van der Waals surface area contributed by atoms with Gasteiger partial charge in [0.25, 0.3) is 5.91 Å². The van der Waals surface area contributed by atoms with Crippen LogP contribution < -0.4 is 0 Å². The maximum absolute atomic E-state index is 12.7. The molecule has 0 aliphatic carbocycles. The summed E-state index contributed by atoms with van der Waals surface area (Å²) in [7, 11) is 0. The number of hydrogen-bond acceptors (Lipinski definition) is 3. The predicted octanol–water partition coefficient (Wildman–Crippen LogP) is 2.98. The molecule has 1 amide bonds. The van der Waals surface area contributed by atoms with Crippen molar-refractivity contribution in [2.24, 2.45) is 0 Å². The van der Waals surface area contributed by atoms with Gasteiger partial charge in [-0.25, -0.2) is 0 Å². The van der Waals surface area contributed by atoms with Crippen LogP contribution in [0.15, 0.2) is 54.9 Å². The standard InChI is InChI=1S/C17H17N3O/c1-17(2,15-6-4-3-5-7-15)20(13-10-18)16(21)14-8-11-19-12-9-14/h3-9,11-12H,13H2,1-2H3. The third kappa shape index (κ3) is 3.09. The first kappa shape index (κ1) is 14.7. The Morgan fingerprint density at radius 2 is 1.81 bits per heavy atom. The molecule has 0 atom stereocenters. The molecule has 1 aromatic heterocycles. The summed E-state index contributed by atoms with van der Waals surface area (Å²) in [6.45, 7) is 3.92. The summed E-state index contributed by atoms with van der Waals surface area (Å²) in [4.78, 5) is 18.2. The number of carbonyl (C=O) groups is 1. The van der Waals surface area contributed by atoms with Gasteiger partial charge in [-0.1, -0.05) is 30.3 Å². The second-order valence-corrected chi connectivity index (χ2v) is 5.21. The molecule has 2 rings (SSSR count). The molecule has 0 fully saturated rings. The van der Waals surface area contributed by atoms with Gasteiger partial charge >= 0.3 is 0 Å². The normalized spacial score (nSPS) is 10.7. The molecule has 0 aliphatic heterocycles. The molecule has 4 heteroatoms. The molecule has 21 heavy (non-hydrogen) atoms. The van der Waals surface area contributed by atoms with E-state index in [4.69, 9.17) is 5.26 Å². The van der Waals surface area contributed by atoms with Gasteiger partial charge in [-0.2, -0.15) is 5.26 Å². The zero-order valence-corrected chi connectivity index (χ0v) is 12.2. The Morgan fingerprint density at radius 3 is 2.38 bits per heavy atom. The second kappa shape index (κ2) is 6.19. The van der Waals surface area contributed by atoms with Gasteiger partial charge in [0, 0.05) is 18.0 Å². The van der Waals surface area contributed by atoms with E-state index in [2.05, 4.69) is 11.1 Å². The highest BCUT2D eigenvalue weighted by Gasteiger charge is 2.32. The van der Waals surface area contributed by atoms with Crippen LogP contribution in [-0.2, 0) is 5.54 Å². The van der Waals surface area contributed by atoms with Crippen LogP contribution in [0.25, 0.3) is 0 Å². The Kier molecular flexibility index (Phi) is 4.34. The molecule has 0 saturated carbocycles. The highest BCUT2D eigenvalue weighted by Crippen LogP contribution is 2.28. The van der Waals surface area contributed by atoms with Crippen molar-refractivity contribution in [1.29, 1.82) is 5.26 Å². The minimum Gasteiger partial charge on any atom is -0.316 e. The lowest BCUT2D eigenvalue weighted by Gasteiger charge is -2.37. The number of nitriles is 1. The van der Waals surface area contributed by atoms with Crippen molar-refractivity contribution in [3.8, 4) is 6.07 Å². The van der Waals surface area contributed by atoms with E-state index in [0.29, 0.717) is 5.56 Å². The van der Waals surface area contributed by atoms with E-state index in [0.717, 1.165) is 5.56 Å². The number of carbonyl (C=O) groups excluding carboxylic acids is 1. The summed E-state index contributed by atoms with van der Waals surface area (Å²) >= 11 is 0. The maximum Gasteiger partial charge on any atom is 0.255 e. The van der Waals surface area contributed by atoms with Crippen molar-refractivity contribution in [3.05, 3.63) is 66.0 Å². The number of amides is 1. The molecule has 2 aromatic rings. The van der Waals surface area contributed by atoms with Crippen molar-refractivity contribution in [3.63, 3.8) is 0 Å². The molecule has 106 valence electrons. The molecule has 0 unspecified atom stereocenters. The Morgan fingerprint density at radius 1 is 1.19 bits per heavy atom. The van der Waals surface area contributed by atoms with E-state index in [1.807, 2.05) is 44.2 Å². The van der Waals surface area contributed by atoms with Crippen LogP contribution in [0.3, 0.4) is 0 Å². The van der Waals surface area contributed by atoms with Crippen LogP contribution in [0.5, 0.6) is 0 Å². The van der Waals surface area contributed by atoms with Gasteiger partial charge in [-0.15, -0.1) is 0 Å². The molecule has 0 spiro atoms. The van der Waals surface area contributed by atoms with Gasteiger partial charge in [0.2, 0.25) is 0 Å². The van der Waals surface area contributed by atoms with E-state index in [-0.39, 0.29) is 12.5 Å². The van der Waals surface area contributed by atoms with Crippen LogP contribution >= 0.6 is 0 Å². The summed E-state index contributed by atoms with van der Waals surface area (Å²) in [6, 6.07) is 15.1. The molecule has 1 aromatic carbocycles. The Hall–Kier alpha value is -2.67. The number of nitrogens with zero attached hydrogens (tertiary/aromatic N) is 3. The quantitative estimate of drug-likeness (QED) is 0.808. The predicted molar refractivity (Wildman–Crippen MR) is 80.4 cm³/mol. The maximum atomic E-state index is 12.7. The SMILES string of the molecule is CC(C)(c1ccccc1)N(CC#N)C(=O)c1ccncc1. The summed E-state index contributed by atoms with van der Waals surface area (Å²) < 4.78 is 0. The van der Waals surface area contributed by atoms with E-state index >= 15 is 0 Å². The zero-order valence-electron chi connectivity index (χ0n) is 12.2. The van der Waals surface area contributed by atoms with Crippen molar-refractivity contribution < 1.29 is 4.79 Å². The molecule has 0 saturated heterocycles. The first-order valence-electron chi connectivity index (χ1n) is 6.72. The van der Waals surface area contributed by atoms with Crippen LogP contribution in [0.2, 0.25) is 0 Å². The van der Waals surface area contributed by atoms with Gasteiger partial charge < -0.3 is 4.90 Å². The minimum absolute atomic E-state index is 0.0308. The second-order valence-electron chi connectivity index (χ2n) is 5.21. The number of pyridine rings is 1. The molecule has 0 N–H and O–H groups in total. The third-order valence-electron chi connectivity index (χ3n) is 3.56. The van der Waals surface area contributed by atoms with Crippen molar-refractivity contribution in [2.75, 3.05) is 6.54 Å². The molecule has 1 heterocycles. The van der Waals surface area contributed by atoms with Crippen LogP contribution in [0, 0.1) is 11.3 Å². The van der Waals surface area contributed by atoms with Gasteiger partial charge in [0.05, 0.1) is 11.6 Å². The molecule has 0 aliphatic rings. The smallest absolute Gasteiger partial charge is 0.255 e. The fraction of sp³-hybridized carbons (Fsp3) is 0.235. The van der Waals surface area contributed by atoms with E-state index in [1.165, 1.54) is 0 Å². The number of rotatable bonds is 4. The molecule has 0 radical (unpaired) electrons. The summed E-state index contributed by atoms with van der Waals surface area (Å²) in [6.07, 6.45) is 3.15. The summed E-state index contributed by atoms with van der Waals surface area (Å²) in [5, 5.41) is 9.09. The average Bonchev–Trinajstić information content (AvgIpc) is 2.53. The van der Waals surface area contributed by atoms with Gasteiger partial charge in [-0.05, 0) is 31.5 Å². The highest BCUT2D eigenvalue weighted by atomic mass is 16.2. The van der Waals surface area contributed by atoms with Gasteiger partial charge in [0.15, 0.2) is 0 Å². The lowest BCUT2D eigenvalue weighted by atomic mass is 9.91. The fourth-order valence-corrected chi connectivity index (χ4v) is 2.25. The lowest BCUT2D eigenvalue weighted by Crippen LogP contribution is -2.45. The molecular formula is C17H17N3O. The van der Waals surface area contributed by atoms with Gasteiger partial charge in [0.1, 0.15) is 6.54 Å². The van der Waals surface area contributed by atoms with Crippen LogP contribution in [0.1, 0.15) is 29.8 Å². The van der Waals surface area contributed by atoms with Crippen molar-refractivity contribution in [2.45, 2.75) is 19.4 Å². The Balaban J connectivity index is 2.40. The average molecular weight is 279 g/mol. The fourth-order valence-electron chi connectivity index (χ4n) is 2.25. The van der Waals surface area contributed by atoms with E-state index in [9.17, 15) is 4.79 Å². The van der Waals surface area contributed by atoms with Gasteiger partial charge in [-0.3, -0.25) is 9.78 Å². The zero-order chi connectivity index (χ0) is 15.3. The molecular weight excluding hydrogens is 262 g/mol. The van der Waals surface area contributed by atoms with Crippen LogP contribution in [0.4, 0.5) is 0 Å². The number of aromatic nitrogens is 1. The number of hydrogen-bond donors (Lipinski definition) is 0. The molecule has 0 bridgehead atoms. The largest absolute Gasteiger partial charge is 0.316 e. The summed E-state index contributed by atoms with van der Waals surface area (Å²) in [5.74, 6) is -0.173. The highest BCUT2D eigenvalue weighted by molar-refractivity contribution is 5.94. The minimum atomic E-state index is -0.572. The summed E-state index contributed by atoms with van der Waals surface area (Å²) in [5.41, 5.74) is 0.948. The Labute approximate surface area is 124 Å². The molecule has 4 nitrogen and oxygen atoms in total. The van der Waals surface area contributed by atoms with Crippen molar-refractivity contribution in [1.82, 2.24) is 9.88 Å². The Bertz CT molecular complexity index is 645. The van der Waals surface area contributed by atoms with Crippen LogP contribution in [-0.4, -0.2) is 22.3 Å². The first-order valence-corrected chi connectivity index (χ1v) is 6.72. The number of benzene rings is 1. The van der Waals surface area contributed by atoms with E-state index in [1.54, 1.807) is 29.4 Å². The monoisotopic (exact) mass is 279 g/mol. The lowest BCUT2D eigenvalue weighted by molar-refractivity contribution is 0.0583.